The van der Waals surface area contributed by atoms with Crippen molar-refractivity contribution in [2.75, 3.05) is 0 Å². The monoisotopic (exact) mass is 248 g/mol. The van der Waals surface area contributed by atoms with Crippen LogP contribution in [0.4, 0.5) is 0 Å². The van der Waals surface area contributed by atoms with Gasteiger partial charge in [-0.25, -0.2) is 0 Å². The highest BCUT2D eigenvalue weighted by Gasteiger charge is 2.34. The molecule has 0 bridgehead atoms. The van der Waals surface area contributed by atoms with E-state index >= 15 is 0 Å². The number of furan rings is 1. The number of hydrogen-bond acceptors (Lipinski definition) is 2. The average molecular weight is 248 g/mol. The van der Waals surface area contributed by atoms with Crippen molar-refractivity contribution in [2.45, 2.75) is 24.7 Å². The van der Waals surface area contributed by atoms with Gasteiger partial charge in [-0.05, 0) is 24.2 Å². The third kappa shape index (κ3) is 3.08. The number of aliphatic hydroxyl groups excluding tert-OH is 1. The third-order valence-corrected chi connectivity index (χ3v) is 7.48. The second kappa shape index (κ2) is 6.42. The van der Waals surface area contributed by atoms with Gasteiger partial charge in [-0.2, -0.15) is 0 Å². The smallest absolute Gasteiger partial charge is 0.143 e. The van der Waals surface area contributed by atoms with Crippen molar-refractivity contribution in [3.63, 3.8) is 0 Å². The second-order valence-electron chi connectivity index (χ2n) is 4.24. The highest BCUT2D eigenvalue weighted by Crippen LogP contribution is 2.23. The van der Waals surface area contributed by atoms with E-state index in [-0.39, 0.29) is 6.61 Å². The molecule has 1 rings (SSSR count). The van der Waals surface area contributed by atoms with E-state index in [2.05, 4.69) is 19.7 Å². The molecule has 3 heteroatoms. The molecule has 2 nitrogen and oxygen atoms in total. The van der Waals surface area contributed by atoms with Gasteiger partial charge >= 0.3 is 0 Å². The summed E-state index contributed by atoms with van der Waals surface area (Å²) in [6.45, 7) is 11.5. The molecule has 1 N–H and O–H groups in total. The number of rotatable bonds is 8. The van der Waals surface area contributed by atoms with Crippen molar-refractivity contribution in [1.82, 2.24) is 0 Å². The fourth-order valence-corrected chi connectivity index (χ4v) is 5.68. The zero-order valence-corrected chi connectivity index (χ0v) is 11.2. The highest BCUT2D eigenvalue weighted by molar-refractivity contribution is 6.92. The summed E-state index contributed by atoms with van der Waals surface area (Å²) >= 11 is 0. The Morgan fingerprint density at radius 1 is 1.12 bits per heavy atom. The Kier molecular flexibility index (Phi) is 5.19. The average Bonchev–Trinajstić information content (AvgIpc) is 2.79. The maximum Gasteiger partial charge on any atom is 0.143 e. The van der Waals surface area contributed by atoms with Crippen molar-refractivity contribution in [2.24, 2.45) is 0 Å². The lowest BCUT2D eigenvalue weighted by atomic mass is 10.4. The van der Waals surface area contributed by atoms with E-state index in [1.54, 1.807) is 6.26 Å². The maximum atomic E-state index is 9.10. The molecule has 0 radical (unpaired) electrons. The normalized spacial score (nSPS) is 11.1. The molecular weight excluding hydrogens is 228 g/mol. The van der Waals surface area contributed by atoms with E-state index in [1.165, 1.54) is 0 Å². The van der Waals surface area contributed by atoms with Gasteiger partial charge < -0.3 is 9.52 Å². The van der Waals surface area contributed by atoms with Crippen molar-refractivity contribution < 1.29 is 9.52 Å². The Balaban J connectivity index is 3.12. The van der Waals surface area contributed by atoms with Crippen LogP contribution in [-0.2, 0) is 6.61 Å². The summed E-state index contributed by atoms with van der Waals surface area (Å²) in [5.41, 5.74) is 0.828. The first-order valence-corrected chi connectivity index (χ1v) is 8.36. The maximum absolute atomic E-state index is 9.10. The topological polar surface area (TPSA) is 33.4 Å². The van der Waals surface area contributed by atoms with Crippen LogP contribution in [-0.4, -0.2) is 13.2 Å². The second-order valence-corrected chi connectivity index (χ2v) is 8.51. The molecule has 0 aliphatic carbocycles. The van der Waals surface area contributed by atoms with E-state index in [9.17, 15) is 0 Å². The van der Waals surface area contributed by atoms with Crippen LogP contribution in [0.2, 0.25) is 18.1 Å². The molecule has 1 aromatic heterocycles. The molecule has 0 unspecified atom stereocenters. The molecule has 1 aromatic rings. The van der Waals surface area contributed by atoms with Crippen molar-refractivity contribution >= 4 is 13.5 Å². The zero-order chi connectivity index (χ0) is 12.7. The lowest BCUT2D eigenvalue weighted by molar-refractivity contribution is 0.280. The van der Waals surface area contributed by atoms with Crippen LogP contribution in [0.15, 0.2) is 54.7 Å². The zero-order valence-electron chi connectivity index (χ0n) is 10.2. The van der Waals surface area contributed by atoms with E-state index in [0.717, 1.165) is 29.1 Å². The molecule has 92 valence electrons. The summed E-state index contributed by atoms with van der Waals surface area (Å²) in [4.78, 5) is 0. The van der Waals surface area contributed by atoms with Crippen LogP contribution in [0.25, 0.3) is 0 Å². The molecule has 0 atom stereocenters. The summed E-state index contributed by atoms with van der Waals surface area (Å²) in [5, 5.41) is 10.1. The molecule has 0 saturated carbocycles. The van der Waals surface area contributed by atoms with Gasteiger partial charge in [0.05, 0.1) is 18.3 Å². The van der Waals surface area contributed by atoms with E-state index in [4.69, 9.17) is 9.52 Å². The molecule has 0 aliphatic heterocycles. The van der Waals surface area contributed by atoms with Crippen LogP contribution in [0.1, 0.15) is 5.56 Å². The van der Waals surface area contributed by atoms with Crippen LogP contribution in [0.5, 0.6) is 0 Å². The number of allylic oxidation sites excluding steroid dienone is 3. The first kappa shape index (κ1) is 13.7. The van der Waals surface area contributed by atoms with Crippen LogP contribution < -0.4 is 5.38 Å². The minimum absolute atomic E-state index is 0.0181. The van der Waals surface area contributed by atoms with Gasteiger partial charge in [-0.1, -0.05) is 18.2 Å². The number of aliphatic hydroxyl groups is 1. The van der Waals surface area contributed by atoms with Gasteiger partial charge in [0.2, 0.25) is 0 Å². The SMILES string of the molecule is C=CC[Si](CC=C)(CC=C)c1cc(CO)co1. The summed E-state index contributed by atoms with van der Waals surface area (Å²) in [6.07, 6.45) is 7.47. The largest absolute Gasteiger partial charge is 0.474 e. The molecule has 0 spiro atoms. The molecule has 0 fully saturated rings. The lowest BCUT2D eigenvalue weighted by Crippen LogP contribution is -2.45. The highest BCUT2D eigenvalue weighted by atomic mass is 28.3. The van der Waals surface area contributed by atoms with Crippen LogP contribution >= 0.6 is 0 Å². The van der Waals surface area contributed by atoms with E-state index in [1.807, 2.05) is 24.3 Å². The minimum atomic E-state index is -1.80. The Bertz CT molecular complexity index is 366. The van der Waals surface area contributed by atoms with Gasteiger partial charge in [0.25, 0.3) is 0 Å². The van der Waals surface area contributed by atoms with Gasteiger partial charge in [0.1, 0.15) is 8.07 Å². The first-order chi connectivity index (χ1) is 8.22. The van der Waals surface area contributed by atoms with Crippen molar-refractivity contribution in [1.29, 1.82) is 0 Å². The summed E-state index contributed by atoms with van der Waals surface area (Å²) in [6, 6.07) is 4.76. The standard InChI is InChI=1S/C14H20O2Si/c1-4-7-17(8-5-2,9-6-3)14-10-13(11-15)12-16-14/h4-6,10,12,15H,1-3,7-9,11H2. The minimum Gasteiger partial charge on any atom is -0.474 e. The Hall–Kier alpha value is -1.32. The van der Waals surface area contributed by atoms with Gasteiger partial charge in [0.15, 0.2) is 0 Å². The molecule has 0 saturated heterocycles. The van der Waals surface area contributed by atoms with Gasteiger partial charge in [-0.15, -0.1) is 19.7 Å². The van der Waals surface area contributed by atoms with Crippen LogP contribution in [0, 0.1) is 0 Å². The van der Waals surface area contributed by atoms with Crippen molar-refractivity contribution in [3.05, 3.63) is 55.9 Å². The number of hydrogen-bond donors (Lipinski definition) is 1. The Morgan fingerprint density at radius 2 is 1.65 bits per heavy atom. The van der Waals surface area contributed by atoms with Crippen LogP contribution in [0.3, 0.4) is 0 Å². The predicted molar refractivity (Wildman–Crippen MR) is 75.0 cm³/mol. The van der Waals surface area contributed by atoms with Gasteiger partial charge in [0, 0.05) is 5.56 Å². The fourth-order valence-electron chi connectivity index (χ4n) is 2.12. The molecule has 17 heavy (non-hydrogen) atoms. The molecule has 0 aliphatic rings. The van der Waals surface area contributed by atoms with Crippen molar-refractivity contribution in [3.8, 4) is 0 Å². The van der Waals surface area contributed by atoms with E-state index < -0.39 is 8.07 Å². The first-order valence-electron chi connectivity index (χ1n) is 5.74. The predicted octanol–water partition coefficient (Wildman–Crippen LogP) is 2.99. The quantitative estimate of drug-likeness (QED) is 0.567. The summed E-state index contributed by atoms with van der Waals surface area (Å²) in [7, 11) is -1.80. The Morgan fingerprint density at radius 3 is 2.00 bits per heavy atom. The van der Waals surface area contributed by atoms with Gasteiger partial charge in [-0.3, -0.25) is 0 Å². The molecule has 1 heterocycles. The molecule has 0 amide bonds. The summed E-state index contributed by atoms with van der Waals surface area (Å²) in [5.74, 6) is 0. The third-order valence-electron chi connectivity index (χ3n) is 2.96. The molecular formula is C14H20O2Si. The van der Waals surface area contributed by atoms with E-state index in [0.29, 0.717) is 0 Å². The Labute approximate surface area is 104 Å². The summed E-state index contributed by atoms with van der Waals surface area (Å²) < 4.78 is 5.64. The molecule has 0 aromatic carbocycles. The lowest BCUT2D eigenvalue weighted by Gasteiger charge is -2.25. The fraction of sp³-hybridized carbons (Fsp3) is 0.286.